The van der Waals surface area contributed by atoms with Crippen molar-refractivity contribution in [2.45, 2.75) is 12.8 Å². The highest BCUT2D eigenvalue weighted by Gasteiger charge is 2.28. The Morgan fingerprint density at radius 1 is 1.13 bits per heavy atom. The number of anilines is 1. The minimum absolute atomic E-state index is 0.116. The summed E-state index contributed by atoms with van der Waals surface area (Å²) in [5.41, 5.74) is 0.845. The second-order valence-electron chi connectivity index (χ2n) is 5.67. The number of morpholine rings is 1. The summed E-state index contributed by atoms with van der Waals surface area (Å²) in [6.07, 6.45) is 1.44. The molecule has 1 aromatic carbocycles. The van der Waals surface area contributed by atoms with Gasteiger partial charge in [-0.1, -0.05) is 11.6 Å². The summed E-state index contributed by atoms with van der Waals surface area (Å²) in [4.78, 5) is 14.3. The van der Waals surface area contributed by atoms with E-state index < -0.39 is 10.0 Å². The number of sulfonamides is 1. The first-order valence-corrected chi connectivity index (χ1v) is 9.65. The quantitative estimate of drug-likeness (QED) is 0.807. The predicted molar refractivity (Wildman–Crippen MR) is 88.5 cm³/mol. The van der Waals surface area contributed by atoms with E-state index in [-0.39, 0.29) is 11.7 Å². The molecule has 0 aromatic heterocycles. The molecule has 2 aliphatic rings. The average molecular weight is 359 g/mol. The zero-order valence-electron chi connectivity index (χ0n) is 12.7. The molecule has 0 aliphatic carbocycles. The third kappa shape index (κ3) is 3.46. The average Bonchev–Trinajstić information content (AvgIpc) is 2.55. The number of benzene rings is 1. The van der Waals surface area contributed by atoms with Crippen LogP contribution in [0.2, 0.25) is 5.02 Å². The monoisotopic (exact) mass is 358 g/mol. The number of hydrogen-bond acceptors (Lipinski definition) is 4. The van der Waals surface area contributed by atoms with Crippen molar-refractivity contribution in [1.82, 2.24) is 4.90 Å². The lowest BCUT2D eigenvalue weighted by atomic mass is 10.1. The molecule has 6 nitrogen and oxygen atoms in total. The van der Waals surface area contributed by atoms with Crippen molar-refractivity contribution in [3.05, 3.63) is 28.8 Å². The van der Waals surface area contributed by atoms with Crippen LogP contribution >= 0.6 is 11.6 Å². The number of amides is 1. The van der Waals surface area contributed by atoms with E-state index in [0.717, 1.165) is 6.42 Å². The summed E-state index contributed by atoms with van der Waals surface area (Å²) in [6.45, 7) is 2.52. The van der Waals surface area contributed by atoms with Gasteiger partial charge in [-0.2, -0.15) is 0 Å². The number of halogens is 1. The normalized spacial score (nSPS) is 21.3. The van der Waals surface area contributed by atoms with Crippen LogP contribution in [0.1, 0.15) is 23.2 Å². The van der Waals surface area contributed by atoms with Crippen molar-refractivity contribution < 1.29 is 17.9 Å². The Morgan fingerprint density at radius 3 is 2.57 bits per heavy atom. The first-order chi connectivity index (χ1) is 11.0. The molecule has 0 saturated carbocycles. The van der Waals surface area contributed by atoms with E-state index in [1.807, 2.05) is 0 Å². The van der Waals surface area contributed by atoms with Gasteiger partial charge in [0.25, 0.3) is 5.91 Å². The van der Waals surface area contributed by atoms with E-state index in [9.17, 15) is 13.2 Å². The number of carbonyl (C=O) groups excluding carboxylic acids is 1. The zero-order chi connectivity index (χ0) is 16.4. The predicted octanol–water partition coefficient (Wildman–Crippen LogP) is 1.74. The fourth-order valence-electron chi connectivity index (χ4n) is 2.85. The maximum atomic E-state index is 12.6. The van der Waals surface area contributed by atoms with Gasteiger partial charge in [0.2, 0.25) is 10.0 Å². The standard InChI is InChI=1S/C15H19ClN2O4S/c16-13-4-3-12(15(19)17-6-8-22-9-7-17)11-14(13)18-5-1-2-10-23(18,20)21/h3-4,11H,1-2,5-10H2. The number of rotatable bonds is 2. The first-order valence-electron chi connectivity index (χ1n) is 7.66. The fourth-order valence-corrected chi connectivity index (χ4v) is 4.76. The Morgan fingerprint density at radius 2 is 1.87 bits per heavy atom. The molecular weight excluding hydrogens is 340 g/mol. The number of carbonyl (C=O) groups is 1. The van der Waals surface area contributed by atoms with Gasteiger partial charge in [-0.15, -0.1) is 0 Å². The van der Waals surface area contributed by atoms with Crippen LogP contribution < -0.4 is 4.31 Å². The lowest BCUT2D eigenvalue weighted by Crippen LogP contribution is -2.41. The van der Waals surface area contributed by atoms with Gasteiger partial charge in [0, 0.05) is 25.2 Å². The van der Waals surface area contributed by atoms with E-state index in [2.05, 4.69) is 0 Å². The molecule has 0 unspecified atom stereocenters. The zero-order valence-corrected chi connectivity index (χ0v) is 14.3. The maximum absolute atomic E-state index is 12.6. The minimum Gasteiger partial charge on any atom is -0.378 e. The van der Waals surface area contributed by atoms with Crippen LogP contribution in [-0.4, -0.2) is 57.8 Å². The number of ether oxygens (including phenoxy) is 1. The highest BCUT2D eigenvalue weighted by molar-refractivity contribution is 7.92. The van der Waals surface area contributed by atoms with Gasteiger partial charge in [0.1, 0.15) is 0 Å². The molecule has 2 saturated heterocycles. The molecule has 8 heteroatoms. The molecule has 0 atom stereocenters. The Balaban J connectivity index is 1.91. The van der Waals surface area contributed by atoms with Crippen molar-refractivity contribution >= 4 is 33.2 Å². The van der Waals surface area contributed by atoms with Crippen molar-refractivity contribution in [2.24, 2.45) is 0 Å². The van der Waals surface area contributed by atoms with Crippen LogP contribution in [0.25, 0.3) is 0 Å². The molecule has 23 heavy (non-hydrogen) atoms. The first kappa shape index (κ1) is 16.5. The van der Waals surface area contributed by atoms with Crippen LogP contribution in [0, 0.1) is 0 Å². The molecule has 1 aromatic rings. The largest absolute Gasteiger partial charge is 0.378 e. The SMILES string of the molecule is O=C(c1ccc(Cl)c(N2CCCCS2(=O)=O)c1)N1CCOCC1. The molecule has 0 N–H and O–H groups in total. The van der Waals surface area contributed by atoms with Gasteiger partial charge in [-0.3, -0.25) is 9.10 Å². The Hall–Kier alpha value is -1.31. The lowest BCUT2D eigenvalue weighted by Gasteiger charge is -2.30. The highest BCUT2D eigenvalue weighted by atomic mass is 35.5. The molecule has 2 heterocycles. The van der Waals surface area contributed by atoms with Crippen LogP contribution in [0.4, 0.5) is 5.69 Å². The second kappa shape index (κ2) is 6.67. The summed E-state index contributed by atoms with van der Waals surface area (Å²) in [5, 5.41) is 0.342. The smallest absolute Gasteiger partial charge is 0.254 e. The van der Waals surface area contributed by atoms with E-state index >= 15 is 0 Å². The number of hydrogen-bond donors (Lipinski definition) is 0. The Kier molecular flexibility index (Phi) is 4.79. The molecule has 2 fully saturated rings. The lowest BCUT2D eigenvalue weighted by molar-refractivity contribution is 0.0303. The summed E-state index contributed by atoms with van der Waals surface area (Å²) >= 11 is 6.20. The third-order valence-corrected chi connectivity index (χ3v) is 6.28. The molecular formula is C15H19ClN2O4S. The summed E-state index contributed by atoms with van der Waals surface area (Å²) < 4.78 is 31.1. The van der Waals surface area contributed by atoms with Crippen LogP contribution in [0.15, 0.2) is 18.2 Å². The van der Waals surface area contributed by atoms with Crippen molar-refractivity contribution in [2.75, 3.05) is 42.9 Å². The molecule has 1 amide bonds. The Labute approximate surface area is 141 Å². The van der Waals surface area contributed by atoms with Gasteiger partial charge < -0.3 is 9.64 Å². The van der Waals surface area contributed by atoms with Crippen LogP contribution in [-0.2, 0) is 14.8 Å². The summed E-state index contributed by atoms with van der Waals surface area (Å²) in [7, 11) is -3.36. The van der Waals surface area contributed by atoms with E-state index in [0.29, 0.717) is 55.5 Å². The van der Waals surface area contributed by atoms with Gasteiger partial charge in [0.05, 0.1) is 29.7 Å². The molecule has 126 valence electrons. The topological polar surface area (TPSA) is 66.9 Å². The third-order valence-electron chi connectivity index (χ3n) is 4.11. The van der Waals surface area contributed by atoms with Crippen LogP contribution in [0.3, 0.4) is 0 Å². The van der Waals surface area contributed by atoms with Crippen molar-refractivity contribution in [1.29, 1.82) is 0 Å². The van der Waals surface area contributed by atoms with Crippen molar-refractivity contribution in [3.8, 4) is 0 Å². The molecule has 0 spiro atoms. The van der Waals surface area contributed by atoms with Crippen LogP contribution in [0.5, 0.6) is 0 Å². The maximum Gasteiger partial charge on any atom is 0.254 e. The van der Waals surface area contributed by atoms with E-state index in [1.54, 1.807) is 23.1 Å². The molecule has 2 aliphatic heterocycles. The highest BCUT2D eigenvalue weighted by Crippen LogP contribution is 2.32. The molecule has 0 bridgehead atoms. The van der Waals surface area contributed by atoms with Crippen molar-refractivity contribution in [3.63, 3.8) is 0 Å². The fraction of sp³-hybridized carbons (Fsp3) is 0.533. The van der Waals surface area contributed by atoms with Gasteiger partial charge >= 0.3 is 0 Å². The molecule has 0 radical (unpaired) electrons. The Bertz CT molecular complexity index is 701. The number of nitrogens with zero attached hydrogens (tertiary/aromatic N) is 2. The minimum atomic E-state index is -3.36. The van der Waals surface area contributed by atoms with Gasteiger partial charge in [-0.25, -0.2) is 8.42 Å². The van der Waals surface area contributed by atoms with E-state index in [4.69, 9.17) is 16.3 Å². The van der Waals surface area contributed by atoms with Gasteiger partial charge in [-0.05, 0) is 31.0 Å². The second-order valence-corrected chi connectivity index (χ2v) is 8.09. The summed E-state index contributed by atoms with van der Waals surface area (Å²) in [5.74, 6) is -0.00838. The van der Waals surface area contributed by atoms with E-state index in [1.165, 1.54) is 4.31 Å². The molecule has 3 rings (SSSR count). The summed E-state index contributed by atoms with van der Waals surface area (Å²) in [6, 6.07) is 4.82. The van der Waals surface area contributed by atoms with Gasteiger partial charge in [0.15, 0.2) is 0 Å².